The van der Waals surface area contributed by atoms with Gasteiger partial charge in [0.05, 0.1) is 7.11 Å². The molecular formula is C18H30N2O. The van der Waals surface area contributed by atoms with Gasteiger partial charge in [0.25, 0.3) is 0 Å². The number of hydrogen-bond donors (Lipinski definition) is 1. The summed E-state index contributed by atoms with van der Waals surface area (Å²) in [5.41, 5.74) is 7.46. The highest BCUT2D eigenvalue weighted by Crippen LogP contribution is 2.34. The van der Waals surface area contributed by atoms with E-state index in [9.17, 15) is 0 Å². The molecule has 3 heteroatoms. The maximum absolute atomic E-state index is 6.21. The quantitative estimate of drug-likeness (QED) is 0.875. The monoisotopic (exact) mass is 290 g/mol. The third-order valence-corrected chi connectivity index (χ3v) is 4.97. The van der Waals surface area contributed by atoms with Crippen LogP contribution in [-0.2, 0) is 6.42 Å². The summed E-state index contributed by atoms with van der Waals surface area (Å²) in [4.78, 5) is 2.64. The largest absolute Gasteiger partial charge is 0.496 e. The van der Waals surface area contributed by atoms with Crippen molar-refractivity contribution in [2.75, 3.05) is 20.2 Å². The number of rotatable bonds is 6. The molecule has 0 saturated carbocycles. The van der Waals surface area contributed by atoms with Gasteiger partial charge in [0, 0.05) is 18.1 Å². The molecule has 0 amide bonds. The second kappa shape index (κ2) is 6.80. The zero-order valence-corrected chi connectivity index (χ0v) is 13.9. The van der Waals surface area contributed by atoms with E-state index in [2.05, 4.69) is 37.8 Å². The van der Waals surface area contributed by atoms with Crippen molar-refractivity contribution in [2.45, 2.75) is 51.6 Å². The summed E-state index contributed by atoms with van der Waals surface area (Å²) in [7, 11) is 1.74. The Morgan fingerprint density at radius 3 is 2.71 bits per heavy atom. The summed E-state index contributed by atoms with van der Waals surface area (Å²) in [6, 6.07) is 8.95. The minimum atomic E-state index is 0.0000694. The lowest BCUT2D eigenvalue weighted by Crippen LogP contribution is -2.56. The normalized spacial score (nSPS) is 22.5. The van der Waals surface area contributed by atoms with Crippen LogP contribution in [0.25, 0.3) is 0 Å². The maximum atomic E-state index is 6.21. The van der Waals surface area contributed by atoms with E-state index in [4.69, 9.17) is 10.5 Å². The van der Waals surface area contributed by atoms with Crippen molar-refractivity contribution in [2.24, 2.45) is 11.7 Å². The van der Waals surface area contributed by atoms with Gasteiger partial charge in [0.15, 0.2) is 0 Å². The molecule has 2 unspecified atom stereocenters. The predicted octanol–water partition coefficient (Wildman–Crippen LogP) is 3.08. The van der Waals surface area contributed by atoms with Crippen molar-refractivity contribution in [1.29, 1.82) is 0 Å². The summed E-state index contributed by atoms with van der Waals surface area (Å²) in [5, 5.41) is 0. The van der Waals surface area contributed by atoms with Crippen molar-refractivity contribution < 1.29 is 4.74 Å². The van der Waals surface area contributed by atoms with E-state index in [-0.39, 0.29) is 5.54 Å². The summed E-state index contributed by atoms with van der Waals surface area (Å²) in [5.74, 6) is 1.65. The predicted molar refractivity (Wildman–Crippen MR) is 88.7 cm³/mol. The first-order valence-electron chi connectivity index (χ1n) is 8.10. The van der Waals surface area contributed by atoms with Crippen LogP contribution in [0.5, 0.6) is 5.75 Å². The molecule has 2 N–H and O–H groups in total. The highest BCUT2D eigenvalue weighted by molar-refractivity contribution is 5.34. The highest BCUT2D eigenvalue weighted by atomic mass is 16.5. The summed E-state index contributed by atoms with van der Waals surface area (Å²) < 4.78 is 5.51. The van der Waals surface area contributed by atoms with Crippen LogP contribution in [0.15, 0.2) is 24.3 Å². The lowest BCUT2D eigenvalue weighted by molar-refractivity contribution is 0.0731. The zero-order chi connectivity index (χ0) is 15.5. The van der Waals surface area contributed by atoms with E-state index >= 15 is 0 Å². The fraction of sp³-hybridized carbons (Fsp3) is 0.667. The molecule has 118 valence electrons. The lowest BCUT2D eigenvalue weighted by atomic mass is 9.88. The van der Waals surface area contributed by atoms with Crippen molar-refractivity contribution in [3.8, 4) is 5.75 Å². The smallest absolute Gasteiger partial charge is 0.122 e. The van der Waals surface area contributed by atoms with E-state index in [1.54, 1.807) is 7.11 Å². The van der Waals surface area contributed by atoms with E-state index < -0.39 is 0 Å². The molecule has 0 aromatic heterocycles. The Morgan fingerprint density at radius 2 is 2.10 bits per heavy atom. The molecule has 1 fully saturated rings. The SMILES string of the molecule is COc1ccccc1CC(C)(CN)N1CCCC1C(C)C. The van der Waals surface area contributed by atoms with Crippen LogP contribution >= 0.6 is 0 Å². The first kappa shape index (κ1) is 16.3. The van der Waals surface area contributed by atoms with Crippen LogP contribution in [0, 0.1) is 5.92 Å². The first-order chi connectivity index (χ1) is 10.0. The number of ether oxygens (including phenoxy) is 1. The zero-order valence-electron chi connectivity index (χ0n) is 13.9. The molecular weight excluding hydrogens is 260 g/mol. The van der Waals surface area contributed by atoms with Crippen molar-refractivity contribution >= 4 is 0 Å². The van der Waals surface area contributed by atoms with Gasteiger partial charge in [-0.15, -0.1) is 0 Å². The number of methoxy groups -OCH3 is 1. The van der Waals surface area contributed by atoms with Crippen LogP contribution in [0.2, 0.25) is 0 Å². The van der Waals surface area contributed by atoms with E-state index in [0.29, 0.717) is 18.5 Å². The number of likely N-dealkylation sites (tertiary alicyclic amines) is 1. The molecule has 2 atom stereocenters. The number of para-hydroxylation sites is 1. The third-order valence-electron chi connectivity index (χ3n) is 4.97. The molecule has 3 nitrogen and oxygen atoms in total. The Hall–Kier alpha value is -1.06. The molecule has 21 heavy (non-hydrogen) atoms. The molecule has 1 aliphatic rings. The molecule has 1 heterocycles. The molecule has 1 aliphatic heterocycles. The average Bonchev–Trinajstić information content (AvgIpc) is 2.98. The van der Waals surface area contributed by atoms with Crippen LogP contribution in [0.4, 0.5) is 0 Å². The Labute approximate surface area is 129 Å². The topological polar surface area (TPSA) is 38.5 Å². The summed E-state index contributed by atoms with van der Waals surface area (Å²) >= 11 is 0. The second-order valence-electron chi connectivity index (χ2n) is 6.84. The van der Waals surface area contributed by atoms with Crippen molar-refractivity contribution in [1.82, 2.24) is 4.90 Å². The standard InChI is InChI=1S/C18H30N2O/c1-14(2)16-9-7-11-20(16)18(3,13-19)12-15-8-5-6-10-17(15)21-4/h5-6,8,10,14,16H,7,9,11-13,19H2,1-4H3. The maximum Gasteiger partial charge on any atom is 0.122 e. The van der Waals surface area contributed by atoms with Crippen LogP contribution in [0.3, 0.4) is 0 Å². The van der Waals surface area contributed by atoms with Gasteiger partial charge in [-0.1, -0.05) is 32.0 Å². The van der Waals surface area contributed by atoms with Gasteiger partial charge < -0.3 is 10.5 Å². The van der Waals surface area contributed by atoms with Gasteiger partial charge in [-0.05, 0) is 50.3 Å². The lowest BCUT2D eigenvalue weighted by Gasteiger charge is -2.43. The second-order valence-corrected chi connectivity index (χ2v) is 6.84. The van der Waals surface area contributed by atoms with Gasteiger partial charge in [0.2, 0.25) is 0 Å². The van der Waals surface area contributed by atoms with Crippen LogP contribution in [-0.4, -0.2) is 36.7 Å². The van der Waals surface area contributed by atoms with Crippen LogP contribution < -0.4 is 10.5 Å². The minimum Gasteiger partial charge on any atom is -0.496 e. The number of hydrogen-bond acceptors (Lipinski definition) is 3. The van der Waals surface area contributed by atoms with E-state index in [1.165, 1.54) is 18.4 Å². The Balaban J connectivity index is 2.24. The van der Waals surface area contributed by atoms with Gasteiger partial charge >= 0.3 is 0 Å². The third kappa shape index (κ3) is 3.41. The number of nitrogens with two attached hydrogens (primary N) is 1. The Bertz CT molecular complexity index is 460. The molecule has 0 spiro atoms. The van der Waals surface area contributed by atoms with Crippen LogP contribution in [0.1, 0.15) is 39.2 Å². The minimum absolute atomic E-state index is 0.0000694. The highest BCUT2D eigenvalue weighted by Gasteiger charge is 2.39. The first-order valence-corrected chi connectivity index (χ1v) is 8.10. The Morgan fingerprint density at radius 1 is 1.38 bits per heavy atom. The number of nitrogens with zero attached hydrogens (tertiary/aromatic N) is 1. The molecule has 0 radical (unpaired) electrons. The number of benzene rings is 1. The van der Waals surface area contributed by atoms with E-state index in [0.717, 1.165) is 18.7 Å². The van der Waals surface area contributed by atoms with Crippen molar-refractivity contribution in [3.63, 3.8) is 0 Å². The molecule has 1 aromatic rings. The molecule has 2 rings (SSSR count). The van der Waals surface area contributed by atoms with E-state index in [1.807, 2.05) is 12.1 Å². The summed E-state index contributed by atoms with van der Waals surface area (Å²) in [6.45, 7) is 8.78. The molecule has 1 saturated heterocycles. The van der Waals surface area contributed by atoms with Gasteiger partial charge in [-0.2, -0.15) is 0 Å². The van der Waals surface area contributed by atoms with Gasteiger partial charge in [-0.3, -0.25) is 4.90 Å². The van der Waals surface area contributed by atoms with Crippen molar-refractivity contribution in [3.05, 3.63) is 29.8 Å². The van der Waals surface area contributed by atoms with Gasteiger partial charge in [-0.25, -0.2) is 0 Å². The molecule has 1 aromatic carbocycles. The molecule has 0 aliphatic carbocycles. The Kier molecular flexibility index (Phi) is 5.28. The fourth-order valence-corrected chi connectivity index (χ4v) is 3.71. The average molecular weight is 290 g/mol. The summed E-state index contributed by atoms with van der Waals surface area (Å²) in [6.07, 6.45) is 3.51. The van der Waals surface area contributed by atoms with Gasteiger partial charge in [0.1, 0.15) is 5.75 Å². The molecule has 0 bridgehead atoms. The fourth-order valence-electron chi connectivity index (χ4n) is 3.71.